The Bertz CT molecular complexity index is 1690. The van der Waals surface area contributed by atoms with Crippen molar-refractivity contribution in [3.8, 4) is 23.0 Å². The summed E-state index contributed by atoms with van der Waals surface area (Å²) in [4.78, 5) is 50.3. The first-order valence-corrected chi connectivity index (χ1v) is 16.1. The number of hydrogen-bond acceptors (Lipinski definition) is 11. The van der Waals surface area contributed by atoms with Gasteiger partial charge in [-0.05, 0) is 17.7 Å². The van der Waals surface area contributed by atoms with Gasteiger partial charge in [0.1, 0.15) is 6.61 Å². The van der Waals surface area contributed by atoms with Crippen LogP contribution in [-0.4, -0.2) is 74.2 Å². The van der Waals surface area contributed by atoms with Crippen LogP contribution < -0.4 is 24.7 Å². The van der Waals surface area contributed by atoms with Gasteiger partial charge in [0.25, 0.3) is 0 Å². The third kappa shape index (κ3) is 8.13. The number of Topliss-reactive ketones (excluding diaryl/α,β-unsaturated/α-hetero) is 1. The van der Waals surface area contributed by atoms with E-state index in [2.05, 4.69) is 0 Å². The van der Waals surface area contributed by atoms with Crippen LogP contribution in [0.25, 0.3) is 10.1 Å². The molecule has 0 spiro atoms. The number of hydrogen-bond donors (Lipinski definition) is 2. The summed E-state index contributed by atoms with van der Waals surface area (Å²) in [5.41, 5.74) is 6.14. The molecule has 0 radical (unpaired) electrons. The summed E-state index contributed by atoms with van der Waals surface area (Å²) in [6, 6.07) is 4.56. The van der Waals surface area contributed by atoms with Gasteiger partial charge in [-0.25, -0.2) is 8.78 Å². The van der Waals surface area contributed by atoms with Crippen molar-refractivity contribution in [2.24, 2.45) is 17.6 Å². The van der Waals surface area contributed by atoms with Crippen LogP contribution in [0, 0.1) is 23.5 Å². The number of methoxy groups -OCH3 is 2. The predicted octanol–water partition coefficient (Wildman–Crippen LogP) is 4.71. The molecule has 260 valence electrons. The van der Waals surface area contributed by atoms with Gasteiger partial charge in [0.15, 0.2) is 40.4 Å². The van der Waals surface area contributed by atoms with Crippen LogP contribution in [0.4, 0.5) is 8.78 Å². The van der Waals surface area contributed by atoms with E-state index in [-0.39, 0.29) is 103 Å². The smallest absolute Gasteiger partial charge is 0.309 e. The second-order valence-corrected chi connectivity index (χ2v) is 12.4. The Kier molecular flexibility index (Phi) is 12.2. The molecule has 0 fully saturated rings. The van der Waals surface area contributed by atoms with E-state index < -0.39 is 41.3 Å². The number of carbonyl (C=O) groups excluding carboxylic acids is 3. The Morgan fingerprint density at radius 1 is 0.917 bits per heavy atom. The fourth-order valence-corrected chi connectivity index (χ4v) is 6.13. The molecule has 15 heteroatoms. The summed E-state index contributed by atoms with van der Waals surface area (Å²) >= 11 is 1.07. The number of rotatable bonds is 17. The lowest BCUT2D eigenvalue weighted by molar-refractivity contribution is -0.147. The van der Waals surface area contributed by atoms with Crippen molar-refractivity contribution >= 4 is 45.1 Å². The molecule has 2 heterocycles. The van der Waals surface area contributed by atoms with E-state index in [9.17, 15) is 19.2 Å². The normalized spacial score (nSPS) is 13.5. The van der Waals surface area contributed by atoms with Crippen LogP contribution in [0.15, 0.2) is 18.2 Å². The van der Waals surface area contributed by atoms with Gasteiger partial charge in [-0.1, -0.05) is 13.8 Å². The zero-order chi connectivity index (χ0) is 35.1. The largest absolute Gasteiger partial charge is 0.493 e. The Labute approximate surface area is 279 Å². The molecule has 0 unspecified atom stereocenters. The van der Waals surface area contributed by atoms with E-state index in [0.29, 0.717) is 10.3 Å². The summed E-state index contributed by atoms with van der Waals surface area (Å²) in [7, 11) is 2.71. The molecule has 0 aliphatic carbocycles. The summed E-state index contributed by atoms with van der Waals surface area (Å²) in [5.74, 6) is -5.41. The monoisotopic (exact) mass is 692 g/mol. The number of thiophene rings is 1. The van der Waals surface area contributed by atoms with Gasteiger partial charge in [-0.15, -0.1) is 11.3 Å². The van der Waals surface area contributed by atoms with E-state index in [1.807, 2.05) is 0 Å². The number of aliphatic carboxylic acids is 1. The van der Waals surface area contributed by atoms with E-state index in [4.69, 9.17) is 34.5 Å². The Morgan fingerprint density at radius 2 is 1.56 bits per heavy atom. The van der Waals surface area contributed by atoms with E-state index in [1.165, 1.54) is 32.1 Å². The highest BCUT2D eigenvalue weighted by molar-refractivity contribution is 7.20. The molecule has 2 atom stereocenters. The predicted molar refractivity (Wildman–Crippen MR) is 171 cm³/mol. The summed E-state index contributed by atoms with van der Waals surface area (Å²) in [5, 5.41) is 9.27. The van der Waals surface area contributed by atoms with Gasteiger partial charge in [-0.2, -0.15) is 0 Å². The Hall–Kier alpha value is -4.50. The standard InChI is InChI=1S/C33H38F2N2O10S/c1-17(32(40)41)11-27(39)37-15-19-12-23(43-3)30(29(35)21(19)16-37)45-7-5-8-46-31-24(44-4)14-25-20(28(31)34)13-26(48-25)22(38)10-18(2)33(42)47-9-6-36/h12-14,17-18H,5-11,15-16,36H2,1-4H3,(H,40,41)/t17-,18-/m0/s1. The molecule has 48 heavy (non-hydrogen) atoms. The number of fused-ring (bicyclic) bond motifs is 2. The quantitative estimate of drug-likeness (QED) is 0.114. The van der Waals surface area contributed by atoms with Gasteiger partial charge in [0.2, 0.25) is 5.91 Å². The average molecular weight is 693 g/mol. The minimum Gasteiger partial charge on any atom is -0.493 e. The summed E-state index contributed by atoms with van der Waals surface area (Å²) < 4.78 is 58.7. The van der Waals surface area contributed by atoms with Crippen molar-refractivity contribution in [2.75, 3.05) is 40.6 Å². The van der Waals surface area contributed by atoms with Crippen molar-refractivity contribution < 1.29 is 56.7 Å². The number of benzene rings is 2. The molecular weight excluding hydrogens is 654 g/mol. The molecule has 1 aromatic heterocycles. The number of nitrogens with zero attached hydrogens (tertiary/aromatic N) is 1. The van der Waals surface area contributed by atoms with Crippen LogP contribution in [0.2, 0.25) is 0 Å². The van der Waals surface area contributed by atoms with Gasteiger partial charge in [0, 0.05) is 60.6 Å². The molecule has 2 aromatic carbocycles. The van der Waals surface area contributed by atoms with Gasteiger partial charge >= 0.3 is 11.9 Å². The van der Waals surface area contributed by atoms with Crippen LogP contribution >= 0.6 is 11.3 Å². The van der Waals surface area contributed by atoms with Gasteiger partial charge in [0.05, 0.1) is 44.1 Å². The summed E-state index contributed by atoms with van der Waals surface area (Å²) in [6.45, 7) is 3.25. The number of nitrogens with two attached hydrogens (primary N) is 1. The minimum absolute atomic E-state index is 0.0278. The lowest BCUT2D eigenvalue weighted by atomic mass is 10.0. The molecule has 0 saturated heterocycles. The minimum atomic E-state index is -1.09. The lowest BCUT2D eigenvalue weighted by Gasteiger charge is -2.16. The zero-order valence-corrected chi connectivity index (χ0v) is 27.9. The zero-order valence-electron chi connectivity index (χ0n) is 27.1. The maximum atomic E-state index is 15.6. The first-order valence-electron chi connectivity index (χ1n) is 15.2. The van der Waals surface area contributed by atoms with Crippen molar-refractivity contribution in [1.82, 2.24) is 4.90 Å². The first-order chi connectivity index (χ1) is 22.9. The van der Waals surface area contributed by atoms with Crippen LogP contribution in [-0.2, 0) is 32.2 Å². The molecule has 1 aliphatic rings. The number of ether oxygens (including phenoxy) is 5. The van der Waals surface area contributed by atoms with Crippen molar-refractivity contribution in [1.29, 1.82) is 0 Å². The molecule has 3 N–H and O–H groups in total. The first kappa shape index (κ1) is 36.3. The van der Waals surface area contributed by atoms with E-state index in [1.54, 1.807) is 19.1 Å². The van der Waals surface area contributed by atoms with Crippen molar-refractivity contribution in [3.05, 3.63) is 45.8 Å². The number of halogens is 2. The number of esters is 1. The molecule has 4 rings (SSSR count). The number of carboxylic acid groups (broad SMARTS) is 1. The lowest BCUT2D eigenvalue weighted by Crippen LogP contribution is -2.28. The highest BCUT2D eigenvalue weighted by Crippen LogP contribution is 2.41. The second-order valence-electron chi connectivity index (χ2n) is 11.3. The van der Waals surface area contributed by atoms with Gasteiger partial charge in [-0.3, -0.25) is 19.2 Å². The fourth-order valence-electron chi connectivity index (χ4n) is 5.10. The molecule has 12 nitrogen and oxygen atoms in total. The number of carboxylic acids is 1. The number of amides is 1. The Balaban J connectivity index is 1.38. The number of ketones is 1. The fraction of sp³-hybridized carbons (Fsp3) is 0.455. The van der Waals surface area contributed by atoms with Crippen molar-refractivity contribution in [2.45, 2.75) is 46.2 Å². The Morgan fingerprint density at radius 3 is 2.19 bits per heavy atom. The summed E-state index contributed by atoms with van der Waals surface area (Å²) in [6.07, 6.45) is -0.109. The molecular formula is C33H38F2N2O10S. The van der Waals surface area contributed by atoms with E-state index >= 15 is 8.78 Å². The molecule has 1 aliphatic heterocycles. The highest BCUT2D eigenvalue weighted by Gasteiger charge is 2.31. The SMILES string of the molecule is COc1cc2c(c(F)c1OCCCOc1c(OC)cc3sc(C(=O)C[C@H](C)C(=O)OCCN)cc3c1F)CN(C(=O)C[C@H](C)C(=O)O)C2. The van der Waals surface area contributed by atoms with Crippen LogP contribution in [0.5, 0.6) is 23.0 Å². The van der Waals surface area contributed by atoms with Crippen molar-refractivity contribution in [3.63, 3.8) is 0 Å². The maximum Gasteiger partial charge on any atom is 0.309 e. The van der Waals surface area contributed by atoms with Gasteiger partial charge < -0.3 is 39.4 Å². The van der Waals surface area contributed by atoms with Crippen LogP contribution in [0.1, 0.15) is 53.9 Å². The third-order valence-electron chi connectivity index (χ3n) is 7.78. The average Bonchev–Trinajstić information content (AvgIpc) is 3.70. The molecule has 0 saturated carbocycles. The molecule has 3 aromatic rings. The highest BCUT2D eigenvalue weighted by atomic mass is 32.1. The molecule has 0 bridgehead atoms. The molecule has 1 amide bonds. The van der Waals surface area contributed by atoms with Crippen LogP contribution in [0.3, 0.4) is 0 Å². The maximum absolute atomic E-state index is 15.6. The number of carbonyl (C=O) groups is 4. The van der Waals surface area contributed by atoms with E-state index in [0.717, 1.165) is 11.3 Å². The second kappa shape index (κ2) is 16.1. The topological polar surface area (TPSA) is 164 Å². The third-order valence-corrected chi connectivity index (χ3v) is 8.90.